The van der Waals surface area contributed by atoms with E-state index in [-0.39, 0.29) is 29.3 Å². The van der Waals surface area contributed by atoms with E-state index in [9.17, 15) is 18.0 Å². The first kappa shape index (κ1) is 15.7. The summed E-state index contributed by atoms with van der Waals surface area (Å²) < 4.78 is 26.7. The molecule has 1 rings (SSSR count). The van der Waals surface area contributed by atoms with Crippen LogP contribution < -0.4 is 16.2 Å². The van der Waals surface area contributed by atoms with Crippen LogP contribution in [0, 0.1) is 0 Å². The second-order valence-electron chi connectivity index (χ2n) is 3.65. The number of sulfonamides is 1. The van der Waals surface area contributed by atoms with Gasteiger partial charge in [0, 0.05) is 12.2 Å². The van der Waals surface area contributed by atoms with Gasteiger partial charge in [0.15, 0.2) is 0 Å². The molecule has 6 N–H and O–H groups in total. The van der Waals surface area contributed by atoms with Gasteiger partial charge in [0.25, 0.3) is 0 Å². The summed E-state index contributed by atoms with van der Waals surface area (Å²) in [6, 6.07) is 3.36. The lowest BCUT2D eigenvalue weighted by atomic mass is 10.2. The zero-order chi connectivity index (χ0) is 15.3. The van der Waals surface area contributed by atoms with E-state index in [4.69, 9.17) is 16.0 Å². The van der Waals surface area contributed by atoms with Gasteiger partial charge in [-0.05, 0) is 18.2 Å². The fourth-order valence-corrected chi connectivity index (χ4v) is 1.91. The molecule has 1 aromatic carbocycles. The second-order valence-corrected chi connectivity index (χ2v) is 5.21. The molecule has 0 aromatic heterocycles. The molecule has 0 heterocycles. The van der Waals surface area contributed by atoms with Crippen molar-refractivity contribution < 1.29 is 27.9 Å². The van der Waals surface area contributed by atoms with Gasteiger partial charge < -0.3 is 20.9 Å². The molecule has 0 saturated carbocycles. The molecule has 0 aliphatic carbocycles. The number of benzene rings is 1. The number of ether oxygens (including phenoxy) is 1. The number of nitrogens with two attached hydrogens (primary N) is 2. The normalized spacial score (nSPS) is 10.8. The second kappa shape index (κ2) is 6.21. The minimum Gasteiger partial charge on any atom is -0.478 e. The Morgan fingerprint density at radius 3 is 2.50 bits per heavy atom. The van der Waals surface area contributed by atoms with Gasteiger partial charge in [-0.25, -0.2) is 23.1 Å². The van der Waals surface area contributed by atoms with E-state index in [1.807, 2.05) is 0 Å². The highest BCUT2D eigenvalue weighted by Crippen LogP contribution is 2.19. The van der Waals surface area contributed by atoms with Crippen LogP contribution in [0.5, 0.6) is 0 Å². The third kappa shape index (κ3) is 4.40. The predicted molar refractivity (Wildman–Crippen MR) is 68.8 cm³/mol. The molecule has 0 fully saturated rings. The Bertz CT molecular complexity index is 628. The van der Waals surface area contributed by atoms with E-state index in [1.165, 1.54) is 12.1 Å². The molecular formula is C10H13N3O6S. The molecule has 0 radical (unpaired) electrons. The number of carbonyl (C=O) groups excluding carboxylic acids is 1. The molecule has 1 aromatic rings. The van der Waals surface area contributed by atoms with Crippen LogP contribution >= 0.6 is 0 Å². The average molecular weight is 303 g/mol. The van der Waals surface area contributed by atoms with Gasteiger partial charge in [-0.3, -0.25) is 0 Å². The number of aromatic carboxylic acids is 1. The highest BCUT2D eigenvalue weighted by atomic mass is 32.2. The smallest absolute Gasteiger partial charge is 0.404 e. The number of carbonyl (C=O) groups is 2. The first-order valence-electron chi connectivity index (χ1n) is 5.28. The Morgan fingerprint density at radius 1 is 1.35 bits per heavy atom. The average Bonchev–Trinajstić information content (AvgIpc) is 2.33. The summed E-state index contributed by atoms with van der Waals surface area (Å²) >= 11 is 0. The zero-order valence-electron chi connectivity index (χ0n) is 10.2. The molecule has 0 unspecified atom stereocenters. The van der Waals surface area contributed by atoms with Crippen molar-refractivity contribution in [3.63, 3.8) is 0 Å². The summed E-state index contributed by atoms with van der Waals surface area (Å²) in [4.78, 5) is 21.1. The van der Waals surface area contributed by atoms with Crippen molar-refractivity contribution in [2.24, 2.45) is 10.9 Å². The number of rotatable bonds is 6. The SMILES string of the molecule is NC(=O)OCCNc1ccc(S(N)(=O)=O)cc1C(=O)O. The topological polar surface area (TPSA) is 162 Å². The highest BCUT2D eigenvalue weighted by molar-refractivity contribution is 7.89. The minimum atomic E-state index is -3.99. The number of primary amides is 1. The van der Waals surface area contributed by atoms with E-state index < -0.39 is 22.1 Å². The van der Waals surface area contributed by atoms with Gasteiger partial charge in [-0.2, -0.15) is 0 Å². The first-order valence-corrected chi connectivity index (χ1v) is 6.82. The van der Waals surface area contributed by atoms with Crippen LogP contribution in [0.1, 0.15) is 10.4 Å². The molecule has 0 aliphatic heterocycles. The maximum Gasteiger partial charge on any atom is 0.404 e. The minimum absolute atomic E-state index is 0.0642. The van der Waals surface area contributed by atoms with Crippen molar-refractivity contribution in [1.82, 2.24) is 0 Å². The van der Waals surface area contributed by atoms with Crippen molar-refractivity contribution in [2.45, 2.75) is 4.90 Å². The summed E-state index contributed by atoms with van der Waals surface area (Å²) in [6.07, 6.45) is -0.949. The van der Waals surface area contributed by atoms with Crippen LogP contribution in [0.4, 0.5) is 10.5 Å². The number of carboxylic acids is 1. The van der Waals surface area contributed by atoms with Gasteiger partial charge in [0.2, 0.25) is 10.0 Å². The lowest BCUT2D eigenvalue weighted by Gasteiger charge is -2.10. The standard InChI is InChI=1S/C10H13N3O6S/c11-10(16)19-4-3-13-8-2-1-6(20(12,17)18)5-7(8)9(14)15/h1-2,5,13H,3-4H2,(H2,11,16)(H,14,15)(H2,12,17,18). The van der Waals surface area contributed by atoms with Crippen molar-refractivity contribution in [1.29, 1.82) is 0 Å². The number of amides is 1. The number of nitrogens with one attached hydrogen (secondary N) is 1. The molecule has 0 saturated heterocycles. The van der Waals surface area contributed by atoms with Crippen LogP contribution in [-0.4, -0.2) is 38.7 Å². The van der Waals surface area contributed by atoms with E-state index in [1.54, 1.807) is 0 Å². The maximum atomic E-state index is 11.1. The number of anilines is 1. The number of hydrogen-bond donors (Lipinski definition) is 4. The van der Waals surface area contributed by atoms with Crippen LogP contribution in [0.3, 0.4) is 0 Å². The van der Waals surface area contributed by atoms with Crippen LogP contribution in [0.2, 0.25) is 0 Å². The Labute approximate surface area is 114 Å². The van der Waals surface area contributed by atoms with Gasteiger partial charge in [0.05, 0.1) is 10.5 Å². The zero-order valence-corrected chi connectivity index (χ0v) is 11.0. The van der Waals surface area contributed by atoms with Crippen molar-refractivity contribution >= 4 is 27.8 Å². The van der Waals surface area contributed by atoms with E-state index >= 15 is 0 Å². The van der Waals surface area contributed by atoms with E-state index in [2.05, 4.69) is 10.1 Å². The Kier molecular flexibility index (Phi) is 4.88. The number of hydrogen-bond acceptors (Lipinski definition) is 6. The van der Waals surface area contributed by atoms with E-state index in [0.29, 0.717) is 0 Å². The molecule has 1 amide bonds. The largest absolute Gasteiger partial charge is 0.478 e. The monoisotopic (exact) mass is 303 g/mol. The Hall–Kier alpha value is -2.33. The predicted octanol–water partition coefficient (Wildman–Crippen LogP) is -0.461. The van der Waals surface area contributed by atoms with Gasteiger partial charge in [-0.1, -0.05) is 0 Å². The molecule has 0 bridgehead atoms. The van der Waals surface area contributed by atoms with Gasteiger partial charge >= 0.3 is 12.1 Å². The maximum absolute atomic E-state index is 11.1. The van der Waals surface area contributed by atoms with Crippen LogP contribution in [0.25, 0.3) is 0 Å². The molecule has 0 aliphatic rings. The fourth-order valence-electron chi connectivity index (χ4n) is 1.37. The van der Waals surface area contributed by atoms with Crippen molar-refractivity contribution in [2.75, 3.05) is 18.5 Å². The van der Waals surface area contributed by atoms with Gasteiger partial charge in [-0.15, -0.1) is 0 Å². The molecule has 9 nitrogen and oxygen atoms in total. The summed E-state index contributed by atoms with van der Waals surface area (Å²) in [5.41, 5.74) is 4.65. The van der Waals surface area contributed by atoms with Crippen molar-refractivity contribution in [3.05, 3.63) is 23.8 Å². The molecule has 0 spiro atoms. The Morgan fingerprint density at radius 2 is 2.00 bits per heavy atom. The number of primary sulfonamides is 1. The lowest BCUT2D eigenvalue weighted by molar-refractivity contribution is 0.0697. The summed E-state index contributed by atoms with van der Waals surface area (Å²) in [6.45, 7) is 0.0449. The van der Waals surface area contributed by atoms with Gasteiger partial charge in [0.1, 0.15) is 6.61 Å². The molecule has 20 heavy (non-hydrogen) atoms. The highest BCUT2D eigenvalue weighted by Gasteiger charge is 2.15. The van der Waals surface area contributed by atoms with Crippen LogP contribution in [-0.2, 0) is 14.8 Å². The quantitative estimate of drug-likeness (QED) is 0.516. The van der Waals surface area contributed by atoms with Crippen LogP contribution in [0.15, 0.2) is 23.1 Å². The lowest BCUT2D eigenvalue weighted by Crippen LogP contribution is -2.19. The van der Waals surface area contributed by atoms with Crippen molar-refractivity contribution in [3.8, 4) is 0 Å². The molecule has 110 valence electrons. The molecule has 10 heteroatoms. The van der Waals surface area contributed by atoms with E-state index in [0.717, 1.165) is 6.07 Å². The third-order valence-electron chi connectivity index (χ3n) is 2.21. The fraction of sp³-hybridized carbons (Fsp3) is 0.200. The summed E-state index contributed by atoms with van der Waals surface area (Å²) in [7, 11) is -3.99. The Balaban J connectivity index is 2.91. The first-order chi connectivity index (χ1) is 9.21. The summed E-state index contributed by atoms with van der Waals surface area (Å²) in [5.74, 6) is -1.33. The third-order valence-corrected chi connectivity index (χ3v) is 3.12. The molecule has 0 atom stereocenters. The molecular weight excluding hydrogens is 290 g/mol. The summed E-state index contributed by atoms with van der Waals surface area (Å²) in [5, 5.41) is 16.6. The number of carboxylic acid groups (broad SMARTS) is 1.